The van der Waals surface area contributed by atoms with E-state index >= 15 is 0 Å². The van der Waals surface area contributed by atoms with Crippen LogP contribution in [0.1, 0.15) is 84.7 Å². The number of aliphatic hydroxyl groups excluding tert-OH is 2. The number of epoxide rings is 1. The third-order valence-corrected chi connectivity index (χ3v) is 8.25. The lowest BCUT2D eigenvalue weighted by Gasteiger charge is -2.35. The van der Waals surface area contributed by atoms with Crippen LogP contribution in [-0.4, -0.2) is 57.0 Å². The highest BCUT2D eigenvalue weighted by atomic mass is 35.5. The van der Waals surface area contributed by atoms with Crippen molar-refractivity contribution in [2.75, 3.05) is 0 Å². The molecule has 36 heavy (non-hydrogen) atoms. The number of hydrogen-bond acceptors (Lipinski definition) is 8. The minimum Gasteiger partial charge on any atom is -0.456 e. The van der Waals surface area contributed by atoms with E-state index < -0.39 is 35.6 Å². The predicted molar refractivity (Wildman–Crippen MR) is 135 cm³/mol. The van der Waals surface area contributed by atoms with Crippen molar-refractivity contribution in [1.29, 1.82) is 0 Å². The lowest BCUT2D eigenvalue weighted by atomic mass is 9.71. The van der Waals surface area contributed by atoms with Gasteiger partial charge in [-0.3, -0.25) is 9.59 Å². The second-order valence-corrected chi connectivity index (χ2v) is 11.6. The van der Waals surface area contributed by atoms with E-state index in [0.717, 1.165) is 19.3 Å². The molecule has 2 saturated heterocycles. The monoisotopic (exact) mass is 525 g/mol. The average molecular weight is 526 g/mol. The van der Waals surface area contributed by atoms with Crippen LogP contribution in [0.2, 0.25) is 0 Å². The van der Waals surface area contributed by atoms with Crippen molar-refractivity contribution in [3.05, 3.63) is 22.9 Å². The van der Waals surface area contributed by atoms with Gasteiger partial charge in [-0.05, 0) is 38.2 Å². The zero-order valence-electron chi connectivity index (χ0n) is 22.1. The van der Waals surface area contributed by atoms with Crippen LogP contribution in [0.4, 0.5) is 0 Å². The van der Waals surface area contributed by atoms with Crippen molar-refractivity contribution in [3.63, 3.8) is 0 Å². The smallest absolute Gasteiger partial charge is 0.309 e. The molecule has 0 bridgehead atoms. The number of rotatable bonds is 3. The van der Waals surface area contributed by atoms with Crippen molar-refractivity contribution < 1.29 is 33.7 Å². The Morgan fingerprint density at radius 1 is 1.28 bits per heavy atom. The lowest BCUT2D eigenvalue weighted by molar-refractivity contribution is -0.154. The van der Waals surface area contributed by atoms with Gasteiger partial charge < -0.3 is 24.1 Å². The number of fused-ring (bicyclic) bond motifs is 1. The van der Waals surface area contributed by atoms with Gasteiger partial charge in [-0.15, -0.1) is 0 Å². The Hall–Kier alpha value is -1.74. The van der Waals surface area contributed by atoms with Gasteiger partial charge in [0.25, 0.3) is 0 Å². The third-order valence-electron chi connectivity index (χ3n) is 7.90. The van der Waals surface area contributed by atoms with Crippen LogP contribution >= 0.6 is 11.6 Å². The molecule has 0 amide bonds. The summed E-state index contributed by atoms with van der Waals surface area (Å²) in [6.45, 7) is 10.8. The summed E-state index contributed by atoms with van der Waals surface area (Å²) in [6.07, 6.45) is 2.72. The average Bonchev–Trinajstić information content (AvgIpc) is 3.24. The highest BCUT2D eigenvalue weighted by molar-refractivity contribution is 6.32. The van der Waals surface area contributed by atoms with E-state index in [1.165, 1.54) is 6.26 Å². The van der Waals surface area contributed by atoms with Gasteiger partial charge in [0.05, 0.1) is 40.8 Å². The molecule has 0 spiro atoms. The van der Waals surface area contributed by atoms with E-state index in [-0.39, 0.29) is 34.9 Å². The molecule has 2 aliphatic rings. The second-order valence-electron chi connectivity index (χ2n) is 11.1. The van der Waals surface area contributed by atoms with Gasteiger partial charge in [-0.1, -0.05) is 45.7 Å². The number of aryl methyl sites for hydroxylation is 1. The number of carbonyl (C=O) groups is 2. The molecule has 9 heteroatoms. The number of hydrogen-bond donors (Lipinski definition) is 2. The predicted octanol–water partition coefficient (Wildman–Crippen LogP) is 4.58. The summed E-state index contributed by atoms with van der Waals surface area (Å²) < 4.78 is 17.0. The van der Waals surface area contributed by atoms with Gasteiger partial charge in [-0.2, -0.15) is 0 Å². The molecule has 0 saturated carbocycles. The summed E-state index contributed by atoms with van der Waals surface area (Å²) in [4.78, 5) is 30.6. The molecule has 1 aromatic rings. The minimum atomic E-state index is -1.29. The van der Waals surface area contributed by atoms with Crippen molar-refractivity contribution in [2.45, 2.75) is 110 Å². The quantitative estimate of drug-likeness (QED) is 0.434. The van der Waals surface area contributed by atoms with Gasteiger partial charge in [0.1, 0.15) is 23.8 Å². The number of nitrogens with zero attached hydrogens (tertiary/aromatic N) is 1. The van der Waals surface area contributed by atoms with Crippen molar-refractivity contribution >= 4 is 29.4 Å². The molecule has 3 heterocycles. The number of oxazole rings is 1. The van der Waals surface area contributed by atoms with Crippen molar-refractivity contribution in [1.82, 2.24) is 4.98 Å². The highest BCUT2D eigenvalue weighted by Gasteiger charge is 2.53. The Balaban J connectivity index is 1.87. The van der Waals surface area contributed by atoms with Gasteiger partial charge in [0.2, 0.25) is 0 Å². The Kier molecular flexibility index (Phi) is 9.08. The number of ether oxygens (including phenoxy) is 2. The molecular formula is C27H40ClNO7. The second kappa shape index (κ2) is 11.3. The number of aromatic nitrogens is 1. The third kappa shape index (κ3) is 6.57. The first kappa shape index (κ1) is 28.8. The molecule has 0 radical (unpaired) electrons. The van der Waals surface area contributed by atoms with Gasteiger partial charge >= 0.3 is 5.97 Å². The Bertz CT molecular complexity index is 973. The maximum absolute atomic E-state index is 13.4. The van der Waals surface area contributed by atoms with Crippen molar-refractivity contribution in [2.24, 2.45) is 17.3 Å². The first-order valence-corrected chi connectivity index (χ1v) is 13.2. The standard InChI is InChI=1S/C27H40ClNO7/c1-7-18-24(32)15(2)9-8-10-27(6)22(36-27)12-20(19(28)11-17-14-34-16(3)29-17)35-23(31)13-21(30)26(4,5)25(18)33/h11,14-15,18,20-22,24,30,32H,7-10,12-13H2,1-6H3/b19-11+/t15-,18+,20-,21-,22-,24-,27-/m0/s1. The summed E-state index contributed by atoms with van der Waals surface area (Å²) in [5.74, 6) is -1.18. The maximum Gasteiger partial charge on any atom is 0.309 e. The maximum atomic E-state index is 13.4. The fourth-order valence-electron chi connectivity index (χ4n) is 5.09. The zero-order valence-corrected chi connectivity index (χ0v) is 22.9. The van der Waals surface area contributed by atoms with Crippen LogP contribution in [0, 0.1) is 24.2 Å². The molecule has 0 aromatic carbocycles. The lowest BCUT2D eigenvalue weighted by Crippen LogP contribution is -2.46. The molecule has 0 unspecified atom stereocenters. The van der Waals surface area contributed by atoms with Crippen LogP contribution in [0.5, 0.6) is 0 Å². The number of carbonyl (C=O) groups excluding carboxylic acids is 2. The number of esters is 1. The summed E-state index contributed by atoms with van der Waals surface area (Å²) in [5.41, 5.74) is -1.12. The number of aliphatic hydroxyl groups is 2. The number of halogens is 1. The normalized spacial score (nSPS) is 36.8. The molecule has 3 rings (SSSR count). The SMILES string of the molecule is CC[C@H]1C(=O)C(C)(C)[C@@H](O)CC(=O)O[C@H](/C(Cl)=C\c2coc(C)n2)C[C@@H]2O[C@@]2(C)CCC[C@H](C)[C@@H]1O. The molecule has 1 aromatic heterocycles. The Labute approximate surface area is 218 Å². The first-order valence-electron chi connectivity index (χ1n) is 12.9. The molecule has 8 nitrogen and oxygen atoms in total. The van der Waals surface area contributed by atoms with E-state index in [1.807, 2.05) is 20.8 Å². The number of cyclic esters (lactones) is 1. The van der Waals surface area contributed by atoms with E-state index in [1.54, 1.807) is 26.8 Å². The van der Waals surface area contributed by atoms with Crippen LogP contribution in [0.3, 0.4) is 0 Å². The molecule has 2 aliphatic heterocycles. The van der Waals surface area contributed by atoms with Crippen LogP contribution in [0.25, 0.3) is 6.08 Å². The Morgan fingerprint density at radius 3 is 2.58 bits per heavy atom. The van der Waals surface area contributed by atoms with Gasteiger partial charge in [-0.25, -0.2) is 4.98 Å². The number of Topliss-reactive ketones (excluding diaryl/α,β-unsaturated/α-hetero) is 1. The van der Waals surface area contributed by atoms with E-state index in [4.69, 9.17) is 25.5 Å². The van der Waals surface area contributed by atoms with E-state index in [0.29, 0.717) is 24.4 Å². The van der Waals surface area contributed by atoms with Crippen LogP contribution in [-0.2, 0) is 19.1 Å². The molecule has 202 valence electrons. The first-order chi connectivity index (χ1) is 16.8. The van der Waals surface area contributed by atoms with Gasteiger partial charge in [0, 0.05) is 19.3 Å². The summed E-state index contributed by atoms with van der Waals surface area (Å²) >= 11 is 6.59. The summed E-state index contributed by atoms with van der Waals surface area (Å²) in [5, 5.41) is 22.2. The highest BCUT2D eigenvalue weighted by Crippen LogP contribution is 2.45. The number of ketones is 1. The summed E-state index contributed by atoms with van der Waals surface area (Å²) in [6, 6.07) is 0. The zero-order chi connectivity index (χ0) is 26.8. The van der Waals surface area contributed by atoms with Crippen molar-refractivity contribution in [3.8, 4) is 0 Å². The minimum absolute atomic E-state index is 0.0958. The fraction of sp³-hybridized carbons (Fsp3) is 0.741. The summed E-state index contributed by atoms with van der Waals surface area (Å²) in [7, 11) is 0. The molecular weight excluding hydrogens is 486 g/mol. The largest absolute Gasteiger partial charge is 0.456 e. The van der Waals surface area contributed by atoms with Crippen LogP contribution in [0.15, 0.2) is 15.7 Å². The van der Waals surface area contributed by atoms with E-state index in [9.17, 15) is 19.8 Å². The Morgan fingerprint density at radius 2 is 1.97 bits per heavy atom. The van der Waals surface area contributed by atoms with Crippen LogP contribution < -0.4 is 0 Å². The molecule has 2 fully saturated rings. The molecule has 0 aliphatic carbocycles. The molecule has 7 atom stereocenters. The van der Waals surface area contributed by atoms with E-state index in [2.05, 4.69) is 4.98 Å². The molecule has 2 N–H and O–H groups in total. The van der Waals surface area contributed by atoms with Gasteiger partial charge in [0.15, 0.2) is 5.89 Å². The fourth-order valence-corrected chi connectivity index (χ4v) is 5.33. The topological polar surface area (TPSA) is 122 Å².